The van der Waals surface area contributed by atoms with Crippen molar-refractivity contribution in [3.63, 3.8) is 0 Å². The molecule has 0 bridgehead atoms. The van der Waals surface area contributed by atoms with Crippen molar-refractivity contribution in [2.75, 3.05) is 0 Å². The molecule has 0 aromatic rings. The van der Waals surface area contributed by atoms with Crippen molar-refractivity contribution in [2.45, 2.75) is 39.5 Å². The molecule has 0 rings (SSSR count). The van der Waals surface area contributed by atoms with Gasteiger partial charge in [0.25, 0.3) is 0 Å². The van der Waals surface area contributed by atoms with Crippen molar-refractivity contribution in [3.8, 4) is 0 Å². The summed E-state index contributed by atoms with van der Waals surface area (Å²) in [6.07, 6.45) is 1.75. The summed E-state index contributed by atoms with van der Waals surface area (Å²) in [4.78, 5) is 19.0. The second kappa shape index (κ2) is 9.83. The van der Waals surface area contributed by atoms with Gasteiger partial charge >= 0.3 is 12.1 Å². The van der Waals surface area contributed by atoms with E-state index >= 15 is 0 Å². The van der Waals surface area contributed by atoms with Crippen LogP contribution in [0, 0.1) is 5.92 Å². The molecule has 0 spiro atoms. The third kappa shape index (κ3) is 13.3. The van der Waals surface area contributed by atoms with Gasteiger partial charge in [0.05, 0.1) is 5.92 Å². The van der Waals surface area contributed by atoms with E-state index in [1.165, 1.54) is 0 Å². The van der Waals surface area contributed by atoms with Crippen LogP contribution in [0.15, 0.2) is 0 Å². The lowest BCUT2D eigenvalue weighted by atomic mass is 9.99. The van der Waals surface area contributed by atoms with Crippen molar-refractivity contribution in [2.24, 2.45) is 5.92 Å². The molecule has 0 aliphatic rings. The van der Waals surface area contributed by atoms with Gasteiger partial charge in [0.2, 0.25) is 0 Å². The Balaban J connectivity index is 0. The van der Waals surface area contributed by atoms with Gasteiger partial charge in [-0.25, -0.2) is 4.79 Å². The average Bonchev–Trinajstić information content (AvgIpc) is 2.02. The van der Waals surface area contributed by atoms with Gasteiger partial charge in [0, 0.05) is 0 Å². The molecule has 0 amide bonds. The molecule has 0 aliphatic carbocycles. The maximum Gasteiger partial charge on any atom is 0.503 e. The molecule has 0 aliphatic heterocycles. The fourth-order valence-electron chi connectivity index (χ4n) is 1.09. The van der Waals surface area contributed by atoms with Crippen molar-refractivity contribution < 1.29 is 24.9 Å². The lowest BCUT2D eigenvalue weighted by Crippen LogP contribution is -2.12. The summed E-state index contributed by atoms with van der Waals surface area (Å²) in [5.41, 5.74) is 0. The maximum absolute atomic E-state index is 10.5. The number of rotatable bonds is 5. The largest absolute Gasteiger partial charge is 0.503 e. The molecule has 3 N–H and O–H groups in total. The molecule has 0 aromatic carbocycles. The molecule has 0 heterocycles. The molecule has 5 nitrogen and oxygen atoms in total. The Labute approximate surface area is 83.4 Å². The minimum absolute atomic E-state index is 0.102. The summed E-state index contributed by atoms with van der Waals surface area (Å²) >= 11 is 0. The van der Waals surface area contributed by atoms with Crippen molar-refractivity contribution >= 4 is 12.1 Å². The SMILES string of the molecule is CCCC(CCC)C(=O)O.O=C(O)O. The first-order valence-electron chi connectivity index (χ1n) is 4.60. The van der Waals surface area contributed by atoms with E-state index in [0.717, 1.165) is 25.7 Å². The number of hydrogen-bond acceptors (Lipinski definition) is 2. The first kappa shape index (κ1) is 15.2. The number of carboxylic acids is 1. The van der Waals surface area contributed by atoms with E-state index in [1.54, 1.807) is 0 Å². The van der Waals surface area contributed by atoms with E-state index in [0.29, 0.717) is 0 Å². The zero-order valence-corrected chi connectivity index (χ0v) is 8.56. The standard InChI is InChI=1S/C8H16O2.CH2O3/c1-3-5-7(6-4-2)8(9)10;2-1(3)4/h7H,3-6H2,1-2H3,(H,9,10);(H2,2,3,4). The lowest BCUT2D eigenvalue weighted by molar-refractivity contribution is -0.142. The van der Waals surface area contributed by atoms with Crippen molar-refractivity contribution in [1.82, 2.24) is 0 Å². The Bertz CT molecular complexity index is 157. The molecule has 0 saturated carbocycles. The predicted octanol–water partition coefficient (Wildman–Crippen LogP) is 2.51. The lowest BCUT2D eigenvalue weighted by Gasteiger charge is -2.07. The van der Waals surface area contributed by atoms with Gasteiger partial charge < -0.3 is 15.3 Å². The molecule has 0 saturated heterocycles. The van der Waals surface area contributed by atoms with Crippen LogP contribution in [-0.4, -0.2) is 27.4 Å². The fraction of sp³-hybridized carbons (Fsp3) is 0.778. The van der Waals surface area contributed by atoms with Gasteiger partial charge in [0.1, 0.15) is 0 Å². The van der Waals surface area contributed by atoms with E-state index in [-0.39, 0.29) is 5.92 Å². The Morgan fingerprint density at radius 2 is 1.29 bits per heavy atom. The Hall–Kier alpha value is -1.26. The Morgan fingerprint density at radius 3 is 1.43 bits per heavy atom. The van der Waals surface area contributed by atoms with E-state index < -0.39 is 12.1 Å². The van der Waals surface area contributed by atoms with Crippen LogP contribution in [0.5, 0.6) is 0 Å². The van der Waals surface area contributed by atoms with Crippen LogP contribution in [0.25, 0.3) is 0 Å². The quantitative estimate of drug-likeness (QED) is 0.642. The van der Waals surface area contributed by atoms with Gasteiger partial charge in [-0.3, -0.25) is 4.79 Å². The third-order valence-corrected chi connectivity index (χ3v) is 1.62. The van der Waals surface area contributed by atoms with Gasteiger partial charge in [-0.05, 0) is 12.8 Å². The minimum Gasteiger partial charge on any atom is -0.481 e. The number of hydrogen-bond donors (Lipinski definition) is 3. The minimum atomic E-state index is -1.83. The first-order chi connectivity index (χ1) is 6.45. The maximum atomic E-state index is 10.5. The van der Waals surface area contributed by atoms with Crippen LogP contribution < -0.4 is 0 Å². The third-order valence-electron chi connectivity index (χ3n) is 1.62. The smallest absolute Gasteiger partial charge is 0.481 e. The molecule has 0 unspecified atom stereocenters. The van der Waals surface area contributed by atoms with Gasteiger partial charge in [0.15, 0.2) is 0 Å². The molecule has 0 aromatic heterocycles. The monoisotopic (exact) mass is 206 g/mol. The van der Waals surface area contributed by atoms with Gasteiger partial charge in [-0.15, -0.1) is 0 Å². The molecular weight excluding hydrogens is 188 g/mol. The summed E-state index contributed by atoms with van der Waals surface area (Å²) in [6, 6.07) is 0. The predicted molar refractivity (Wildman–Crippen MR) is 51.6 cm³/mol. The summed E-state index contributed by atoms with van der Waals surface area (Å²) in [6.45, 7) is 4.04. The molecule has 84 valence electrons. The van der Waals surface area contributed by atoms with Crippen LogP contribution in [0.2, 0.25) is 0 Å². The van der Waals surface area contributed by atoms with Gasteiger partial charge in [-0.2, -0.15) is 0 Å². The molecule has 14 heavy (non-hydrogen) atoms. The van der Waals surface area contributed by atoms with Gasteiger partial charge in [-0.1, -0.05) is 26.7 Å². The highest BCUT2D eigenvalue weighted by molar-refractivity contribution is 5.69. The average molecular weight is 206 g/mol. The van der Waals surface area contributed by atoms with Crippen LogP contribution in [-0.2, 0) is 4.79 Å². The highest BCUT2D eigenvalue weighted by Crippen LogP contribution is 2.12. The van der Waals surface area contributed by atoms with Crippen molar-refractivity contribution in [1.29, 1.82) is 0 Å². The second-order valence-corrected chi connectivity index (χ2v) is 2.90. The zero-order valence-electron chi connectivity index (χ0n) is 8.56. The number of aliphatic carboxylic acids is 1. The number of carbonyl (C=O) groups is 2. The Kier molecular flexibility index (Phi) is 10.7. The highest BCUT2D eigenvalue weighted by atomic mass is 16.6. The van der Waals surface area contributed by atoms with E-state index in [2.05, 4.69) is 0 Å². The molecule has 5 heteroatoms. The summed E-state index contributed by atoms with van der Waals surface area (Å²) in [5, 5.41) is 22.6. The highest BCUT2D eigenvalue weighted by Gasteiger charge is 2.13. The summed E-state index contributed by atoms with van der Waals surface area (Å²) in [5.74, 6) is -0.737. The fourth-order valence-corrected chi connectivity index (χ4v) is 1.09. The zero-order chi connectivity index (χ0) is 11.6. The van der Waals surface area contributed by atoms with Crippen LogP contribution in [0.3, 0.4) is 0 Å². The molecule has 0 fully saturated rings. The van der Waals surface area contributed by atoms with Crippen molar-refractivity contribution in [3.05, 3.63) is 0 Å². The first-order valence-corrected chi connectivity index (χ1v) is 4.60. The second-order valence-electron chi connectivity index (χ2n) is 2.90. The summed E-state index contributed by atoms with van der Waals surface area (Å²) < 4.78 is 0. The van der Waals surface area contributed by atoms with E-state index in [9.17, 15) is 4.79 Å². The summed E-state index contributed by atoms with van der Waals surface area (Å²) in [7, 11) is 0. The number of carboxylic acid groups (broad SMARTS) is 3. The van der Waals surface area contributed by atoms with Crippen LogP contribution in [0.4, 0.5) is 4.79 Å². The molecule has 0 radical (unpaired) electrons. The van der Waals surface area contributed by atoms with E-state index in [1.807, 2.05) is 13.8 Å². The topological polar surface area (TPSA) is 94.8 Å². The molecular formula is C9H18O5. The Morgan fingerprint density at radius 1 is 1.00 bits per heavy atom. The molecule has 0 atom stereocenters. The van der Waals surface area contributed by atoms with E-state index in [4.69, 9.17) is 20.1 Å². The van der Waals surface area contributed by atoms with Crippen LogP contribution >= 0.6 is 0 Å². The van der Waals surface area contributed by atoms with Crippen LogP contribution in [0.1, 0.15) is 39.5 Å². The normalized spacial score (nSPS) is 9.07.